The molecule has 0 spiro atoms. The van der Waals surface area contributed by atoms with E-state index in [1.807, 2.05) is 138 Å². The molecule has 0 aromatic heterocycles. The van der Waals surface area contributed by atoms with Gasteiger partial charge in [0.15, 0.2) is 0 Å². The zero-order valence-electron chi connectivity index (χ0n) is 63.2. The highest BCUT2D eigenvalue weighted by atomic mass is 16.6. The summed E-state index contributed by atoms with van der Waals surface area (Å²) in [6, 6.07) is 0. The molecule has 0 aromatic rings. The fourth-order valence-electron chi connectivity index (χ4n) is 7.59. The van der Waals surface area contributed by atoms with Gasteiger partial charge in [-0.1, -0.05) is 13.2 Å². The van der Waals surface area contributed by atoms with E-state index in [4.69, 9.17) is 104 Å². The van der Waals surface area contributed by atoms with Gasteiger partial charge in [-0.25, -0.2) is 9.59 Å². The van der Waals surface area contributed by atoms with Gasteiger partial charge in [0, 0.05) is 11.1 Å². The first-order valence-electron chi connectivity index (χ1n) is 34.7. The highest BCUT2D eigenvalue weighted by Gasteiger charge is 2.21. The first-order chi connectivity index (χ1) is 44.7. The van der Waals surface area contributed by atoms with Crippen molar-refractivity contribution in [3.8, 4) is 0 Å². The van der Waals surface area contributed by atoms with Gasteiger partial charge in [0.1, 0.15) is 12.7 Å². The van der Waals surface area contributed by atoms with Crippen LogP contribution in [0.4, 0.5) is 0 Å². The van der Waals surface area contributed by atoms with E-state index < -0.39 is 11.9 Å². The lowest BCUT2D eigenvalue weighted by molar-refractivity contribution is -0.148. The molecule has 0 amide bonds. The summed E-state index contributed by atoms with van der Waals surface area (Å²) in [5, 5.41) is 0. The summed E-state index contributed by atoms with van der Waals surface area (Å²) >= 11 is 0. The molecular weight excluding hydrogens is 1240 g/mol. The zero-order valence-corrected chi connectivity index (χ0v) is 63.2. The second kappa shape index (κ2) is 56.3. The van der Waals surface area contributed by atoms with Gasteiger partial charge in [0.2, 0.25) is 0 Å². The highest BCUT2D eigenvalue weighted by molar-refractivity contribution is 5.87. The quantitative estimate of drug-likeness (QED) is 0.0407. The van der Waals surface area contributed by atoms with Gasteiger partial charge in [-0.15, -0.1) is 0 Å². The maximum Gasteiger partial charge on any atom is 0.333 e. The molecule has 564 valence electrons. The smallest absolute Gasteiger partial charge is 0.333 e. The molecule has 0 radical (unpaired) electrons. The lowest BCUT2D eigenvalue weighted by Gasteiger charge is -2.24. The Morgan fingerprint density at radius 2 is 0.295 bits per heavy atom. The van der Waals surface area contributed by atoms with Crippen LogP contribution in [0.2, 0.25) is 0 Å². The molecule has 0 N–H and O–H groups in total. The van der Waals surface area contributed by atoms with Crippen molar-refractivity contribution in [1.82, 2.24) is 0 Å². The number of ether oxygens (including phenoxy) is 22. The van der Waals surface area contributed by atoms with Crippen LogP contribution in [0.5, 0.6) is 0 Å². The molecular formula is C71H136O24. The first-order valence-corrected chi connectivity index (χ1v) is 34.7. The van der Waals surface area contributed by atoms with E-state index in [1.165, 1.54) is 0 Å². The van der Waals surface area contributed by atoms with Crippen molar-refractivity contribution < 1.29 is 114 Å². The number of hydrogen-bond donors (Lipinski definition) is 0. The van der Waals surface area contributed by atoms with Crippen LogP contribution < -0.4 is 0 Å². The van der Waals surface area contributed by atoms with E-state index in [9.17, 15) is 9.59 Å². The molecule has 0 aliphatic heterocycles. The van der Waals surface area contributed by atoms with Crippen molar-refractivity contribution in [2.24, 2.45) is 0 Å². The molecule has 0 bridgehead atoms. The van der Waals surface area contributed by atoms with E-state index in [0.717, 1.165) is 0 Å². The Bertz CT molecular complexity index is 1890. The van der Waals surface area contributed by atoms with Crippen LogP contribution in [-0.2, 0) is 114 Å². The Hall–Kier alpha value is -2.38. The van der Waals surface area contributed by atoms with E-state index in [1.54, 1.807) is 20.8 Å². The fraction of sp³-hybridized carbons (Fsp3) is 0.915. The van der Waals surface area contributed by atoms with Gasteiger partial charge in [-0.05, 0) is 159 Å². The molecule has 95 heavy (non-hydrogen) atoms. The maximum atomic E-state index is 11.7. The molecule has 24 nitrogen and oxygen atoms in total. The average Bonchev–Trinajstić information content (AvgIpc) is 3.57. The molecule has 0 heterocycles. The largest absolute Gasteiger partial charge is 0.460 e. The highest BCUT2D eigenvalue weighted by Crippen LogP contribution is 2.12. The standard InChI is InChI=1S/C71H136O24/c1-47(2)70(72)94-45-68(24)92-43-66(22)90-41-64(20)88-39-62(18)86-37-60(16)84-35-58(14)82-33-56(12)80-31-54(10)78-29-52(8)76-27-50(6)74-26-49(5)75-28-51(7)77-30-53(9)79-32-55(11)81-34-57(13)83-36-59(15)85-38-61(17)87-40-63(19)89-42-65(21)91-44-67(23)93-46-69(25)95-71(73)48(3)4/h49-69H,1,3,26-46H2,2,4-25H3. The number of esters is 2. The number of carbonyl (C=O) groups excluding carboxylic acids is 2. The second-order valence-corrected chi connectivity index (χ2v) is 26.3. The van der Waals surface area contributed by atoms with Crippen molar-refractivity contribution >= 4 is 11.9 Å². The van der Waals surface area contributed by atoms with Gasteiger partial charge >= 0.3 is 11.9 Å². The Morgan fingerprint density at radius 3 is 0.411 bits per heavy atom. The minimum absolute atomic E-state index is 0.126. The molecule has 0 saturated carbocycles. The van der Waals surface area contributed by atoms with Crippen molar-refractivity contribution in [2.75, 3.05) is 139 Å². The van der Waals surface area contributed by atoms with Gasteiger partial charge < -0.3 is 104 Å². The van der Waals surface area contributed by atoms with E-state index in [0.29, 0.717) is 137 Å². The van der Waals surface area contributed by atoms with Gasteiger partial charge in [0.25, 0.3) is 0 Å². The monoisotopic (exact) mass is 1370 g/mol. The maximum absolute atomic E-state index is 11.7. The summed E-state index contributed by atoms with van der Waals surface area (Å²) < 4.78 is 130. The second-order valence-electron chi connectivity index (χ2n) is 26.3. The predicted octanol–water partition coefficient (Wildman–Crippen LogP) is 9.72. The number of carbonyl (C=O) groups is 2. The molecule has 21 unspecified atom stereocenters. The lowest BCUT2D eigenvalue weighted by Crippen LogP contribution is -2.31. The minimum Gasteiger partial charge on any atom is -0.460 e. The normalized spacial score (nSPS) is 18.9. The molecule has 24 heteroatoms. The number of hydrogen-bond acceptors (Lipinski definition) is 24. The lowest BCUT2D eigenvalue weighted by atomic mass is 10.3. The van der Waals surface area contributed by atoms with Crippen molar-refractivity contribution in [2.45, 2.75) is 287 Å². The topological polar surface area (TPSA) is 237 Å². The third kappa shape index (κ3) is 56.0. The Balaban J connectivity index is 4.06. The molecule has 0 saturated heterocycles. The van der Waals surface area contributed by atoms with Gasteiger partial charge in [-0.2, -0.15) is 0 Å². The third-order valence-corrected chi connectivity index (χ3v) is 13.8. The average molecular weight is 1370 g/mol. The Labute approximate surface area is 574 Å². The summed E-state index contributed by atoms with van der Waals surface area (Å²) in [5.74, 6) is -0.857. The van der Waals surface area contributed by atoms with Crippen LogP contribution >= 0.6 is 0 Å². The van der Waals surface area contributed by atoms with E-state index in [-0.39, 0.29) is 141 Å². The first kappa shape index (κ1) is 92.6. The summed E-state index contributed by atoms with van der Waals surface area (Å²) in [4.78, 5) is 23.2. The molecule has 0 fully saturated rings. The van der Waals surface area contributed by atoms with Crippen LogP contribution in [0, 0.1) is 0 Å². The Kier molecular flexibility index (Phi) is 54.9. The molecule has 21 atom stereocenters. The summed E-state index contributed by atoms with van der Waals surface area (Å²) in [7, 11) is 0. The minimum atomic E-state index is -0.429. The molecule has 0 aromatic carbocycles. The van der Waals surface area contributed by atoms with Crippen LogP contribution in [0.1, 0.15) is 159 Å². The van der Waals surface area contributed by atoms with E-state index in [2.05, 4.69) is 13.2 Å². The van der Waals surface area contributed by atoms with Crippen molar-refractivity contribution in [3.63, 3.8) is 0 Å². The Morgan fingerprint density at radius 1 is 0.189 bits per heavy atom. The third-order valence-electron chi connectivity index (χ3n) is 13.8. The summed E-state index contributed by atoms with van der Waals surface area (Å²) in [6.45, 7) is 59.7. The predicted molar refractivity (Wildman–Crippen MR) is 364 cm³/mol. The summed E-state index contributed by atoms with van der Waals surface area (Å²) in [5.41, 5.74) is 0.710. The summed E-state index contributed by atoms with van der Waals surface area (Å²) in [6.07, 6.45) is -3.16. The van der Waals surface area contributed by atoms with Crippen LogP contribution in [0.15, 0.2) is 24.3 Å². The molecule has 0 rings (SSSR count). The fourth-order valence-corrected chi connectivity index (χ4v) is 7.59. The van der Waals surface area contributed by atoms with Crippen molar-refractivity contribution in [3.05, 3.63) is 24.3 Å². The van der Waals surface area contributed by atoms with Crippen LogP contribution in [0.25, 0.3) is 0 Å². The van der Waals surface area contributed by atoms with Crippen LogP contribution in [0.3, 0.4) is 0 Å². The van der Waals surface area contributed by atoms with Gasteiger partial charge in [-0.3, -0.25) is 0 Å². The zero-order chi connectivity index (χ0) is 71.8. The van der Waals surface area contributed by atoms with Gasteiger partial charge in [0.05, 0.1) is 254 Å². The van der Waals surface area contributed by atoms with Crippen molar-refractivity contribution in [1.29, 1.82) is 0 Å². The van der Waals surface area contributed by atoms with E-state index >= 15 is 0 Å². The SMILES string of the molecule is C=C(C)C(=O)OCC(C)OCC(C)OCC(C)OCC(C)OCC(C)OCC(C)OCC(C)OCC(C)OCC(C)OCC(C)OCC(C)OCC(C)OCC(C)OCC(C)OCC(C)OCC(C)OCC(C)OCC(C)OCC(C)OCC(C)OCC(C)OC(=O)C(=C)C. The molecule has 0 aliphatic rings. The number of rotatable bonds is 65. The molecule has 0 aliphatic carbocycles. The van der Waals surface area contributed by atoms with Crippen LogP contribution in [-0.4, -0.2) is 279 Å².